The maximum Gasteiger partial charge on any atom is 0.237 e. The first kappa shape index (κ1) is 14.8. The molecule has 0 fully saturated rings. The van der Waals surface area contributed by atoms with Gasteiger partial charge in [0, 0.05) is 18.0 Å². The van der Waals surface area contributed by atoms with Crippen LogP contribution in [0.1, 0.15) is 16.0 Å². The second-order valence-corrected chi connectivity index (χ2v) is 7.70. The maximum atomic E-state index is 12.2. The number of benzene rings is 1. The Morgan fingerprint density at radius 1 is 1.29 bits per heavy atom. The van der Waals surface area contributed by atoms with Crippen molar-refractivity contribution in [1.82, 2.24) is 10.6 Å². The van der Waals surface area contributed by atoms with Gasteiger partial charge in [0.25, 0.3) is 0 Å². The summed E-state index contributed by atoms with van der Waals surface area (Å²) in [6, 6.07) is 12.3. The highest BCUT2D eigenvalue weighted by Gasteiger charge is 2.23. The predicted molar refractivity (Wildman–Crippen MR) is 89.5 cm³/mol. The molecule has 1 atom stereocenters. The summed E-state index contributed by atoms with van der Waals surface area (Å²) in [6.07, 6.45) is 1.65. The summed E-state index contributed by atoms with van der Waals surface area (Å²) < 4.78 is 1.13. The van der Waals surface area contributed by atoms with Crippen molar-refractivity contribution >= 4 is 33.2 Å². The van der Waals surface area contributed by atoms with Crippen molar-refractivity contribution in [2.75, 3.05) is 6.54 Å². The van der Waals surface area contributed by atoms with Gasteiger partial charge in [0.05, 0.1) is 9.83 Å². The van der Waals surface area contributed by atoms with Crippen LogP contribution in [0.15, 0.2) is 40.2 Å². The number of thiophene rings is 1. The summed E-state index contributed by atoms with van der Waals surface area (Å²) in [7, 11) is 0. The Hall–Kier alpha value is -1.17. The number of rotatable bonds is 4. The van der Waals surface area contributed by atoms with Gasteiger partial charge < -0.3 is 10.6 Å². The molecule has 1 aromatic carbocycles. The Morgan fingerprint density at radius 2 is 2.10 bits per heavy atom. The van der Waals surface area contributed by atoms with E-state index in [1.165, 1.54) is 16.0 Å². The van der Waals surface area contributed by atoms with Crippen LogP contribution in [-0.4, -0.2) is 18.5 Å². The molecule has 2 N–H and O–H groups in total. The highest BCUT2D eigenvalue weighted by atomic mass is 79.9. The minimum atomic E-state index is -0.116. The summed E-state index contributed by atoms with van der Waals surface area (Å²) in [5.74, 6) is 0.0973. The van der Waals surface area contributed by atoms with Crippen molar-refractivity contribution in [3.05, 3.63) is 56.2 Å². The molecule has 110 valence electrons. The molecule has 0 unspecified atom stereocenters. The minimum absolute atomic E-state index is 0.0973. The lowest BCUT2D eigenvalue weighted by Gasteiger charge is -2.25. The van der Waals surface area contributed by atoms with Crippen LogP contribution >= 0.6 is 27.3 Å². The van der Waals surface area contributed by atoms with Gasteiger partial charge in [0.15, 0.2) is 0 Å². The zero-order valence-corrected chi connectivity index (χ0v) is 14.0. The van der Waals surface area contributed by atoms with Gasteiger partial charge in [0.1, 0.15) is 0 Å². The fraction of sp³-hybridized carbons (Fsp3) is 0.312. The molecule has 0 bridgehead atoms. The van der Waals surface area contributed by atoms with Crippen LogP contribution < -0.4 is 10.6 Å². The molecule has 0 aliphatic carbocycles. The molecule has 2 aromatic rings. The number of carbonyl (C=O) groups is 1. The van der Waals surface area contributed by atoms with E-state index in [1.54, 1.807) is 11.3 Å². The van der Waals surface area contributed by atoms with Gasteiger partial charge in [-0.3, -0.25) is 4.79 Å². The Labute approximate surface area is 136 Å². The van der Waals surface area contributed by atoms with E-state index in [9.17, 15) is 4.79 Å². The molecule has 1 aliphatic rings. The second kappa shape index (κ2) is 6.73. The van der Waals surface area contributed by atoms with Crippen molar-refractivity contribution < 1.29 is 4.79 Å². The van der Waals surface area contributed by atoms with Crippen molar-refractivity contribution in [2.24, 2.45) is 0 Å². The standard InChI is InChI=1S/C16H17BrN2OS/c17-15-6-5-13(21-15)7-8-18-16(20)14-9-11-3-1-2-4-12(11)10-19-14/h1-6,14,19H,7-10H2,(H,18,20)/t14-/m1/s1. The van der Waals surface area contributed by atoms with Crippen LogP contribution in [-0.2, 0) is 24.2 Å². The van der Waals surface area contributed by atoms with E-state index < -0.39 is 0 Å². The summed E-state index contributed by atoms with van der Waals surface area (Å²) >= 11 is 5.17. The molecule has 5 heteroatoms. The lowest BCUT2D eigenvalue weighted by molar-refractivity contribution is -0.123. The number of nitrogens with one attached hydrogen (secondary N) is 2. The third-order valence-electron chi connectivity index (χ3n) is 3.70. The Kier molecular flexibility index (Phi) is 4.73. The molecule has 1 aromatic heterocycles. The van der Waals surface area contributed by atoms with Crippen LogP contribution in [0.25, 0.3) is 0 Å². The number of hydrogen-bond acceptors (Lipinski definition) is 3. The molecule has 21 heavy (non-hydrogen) atoms. The normalized spacial score (nSPS) is 17.3. The van der Waals surface area contributed by atoms with Crippen molar-refractivity contribution in [2.45, 2.75) is 25.4 Å². The van der Waals surface area contributed by atoms with Gasteiger partial charge in [-0.1, -0.05) is 24.3 Å². The van der Waals surface area contributed by atoms with E-state index in [1.807, 2.05) is 18.2 Å². The van der Waals surface area contributed by atoms with Gasteiger partial charge >= 0.3 is 0 Å². The number of hydrogen-bond donors (Lipinski definition) is 2. The molecule has 3 nitrogen and oxygen atoms in total. The molecule has 1 aliphatic heterocycles. The average Bonchev–Trinajstić information content (AvgIpc) is 2.92. The van der Waals surface area contributed by atoms with E-state index in [0.717, 1.165) is 23.2 Å². The molecule has 3 rings (SSSR count). The first-order chi connectivity index (χ1) is 10.2. The Bertz CT molecular complexity index is 641. The summed E-state index contributed by atoms with van der Waals surface area (Å²) in [5.41, 5.74) is 2.57. The number of halogens is 1. The summed E-state index contributed by atoms with van der Waals surface area (Å²) in [5, 5.41) is 6.34. The fourth-order valence-corrected chi connectivity index (χ4v) is 4.04. The largest absolute Gasteiger partial charge is 0.354 e. The van der Waals surface area contributed by atoms with Crippen molar-refractivity contribution in [3.63, 3.8) is 0 Å². The predicted octanol–water partition coefficient (Wildman–Crippen LogP) is 2.88. The molecule has 0 radical (unpaired) electrons. The zero-order valence-electron chi connectivity index (χ0n) is 11.6. The fourth-order valence-electron chi connectivity index (χ4n) is 2.56. The number of carbonyl (C=O) groups excluding carboxylic acids is 1. The van der Waals surface area contributed by atoms with Gasteiger partial charge in [0.2, 0.25) is 5.91 Å². The highest BCUT2D eigenvalue weighted by molar-refractivity contribution is 9.11. The molecular formula is C16H17BrN2OS. The Morgan fingerprint density at radius 3 is 2.86 bits per heavy atom. The zero-order chi connectivity index (χ0) is 14.7. The molecule has 0 saturated heterocycles. The van der Waals surface area contributed by atoms with Gasteiger partial charge in [-0.25, -0.2) is 0 Å². The summed E-state index contributed by atoms with van der Waals surface area (Å²) in [4.78, 5) is 13.5. The van der Waals surface area contributed by atoms with Crippen LogP contribution in [0.3, 0.4) is 0 Å². The van der Waals surface area contributed by atoms with E-state index >= 15 is 0 Å². The third kappa shape index (κ3) is 3.73. The lowest BCUT2D eigenvalue weighted by atomic mass is 9.95. The van der Waals surface area contributed by atoms with Crippen LogP contribution in [0.5, 0.6) is 0 Å². The highest BCUT2D eigenvalue weighted by Crippen LogP contribution is 2.22. The van der Waals surface area contributed by atoms with E-state index in [4.69, 9.17) is 0 Å². The molecule has 0 spiro atoms. The monoisotopic (exact) mass is 364 g/mol. The van der Waals surface area contributed by atoms with Crippen LogP contribution in [0, 0.1) is 0 Å². The van der Waals surface area contributed by atoms with Crippen LogP contribution in [0.4, 0.5) is 0 Å². The van der Waals surface area contributed by atoms with Gasteiger partial charge in [-0.05, 0) is 52.0 Å². The van der Waals surface area contributed by atoms with Crippen molar-refractivity contribution in [3.8, 4) is 0 Å². The molecule has 1 amide bonds. The molecule has 0 saturated carbocycles. The third-order valence-corrected chi connectivity index (χ3v) is 5.38. The van der Waals surface area contributed by atoms with E-state index in [2.05, 4.69) is 44.8 Å². The maximum absolute atomic E-state index is 12.2. The molecule has 2 heterocycles. The van der Waals surface area contributed by atoms with E-state index in [-0.39, 0.29) is 11.9 Å². The average molecular weight is 365 g/mol. The van der Waals surface area contributed by atoms with E-state index in [0.29, 0.717) is 6.54 Å². The smallest absolute Gasteiger partial charge is 0.237 e. The number of fused-ring (bicyclic) bond motifs is 1. The van der Waals surface area contributed by atoms with Gasteiger partial charge in [-0.2, -0.15) is 0 Å². The molecular weight excluding hydrogens is 348 g/mol. The first-order valence-electron chi connectivity index (χ1n) is 7.04. The Balaban J connectivity index is 1.50. The minimum Gasteiger partial charge on any atom is -0.354 e. The summed E-state index contributed by atoms with van der Waals surface area (Å²) in [6.45, 7) is 1.46. The number of amides is 1. The first-order valence-corrected chi connectivity index (χ1v) is 8.65. The quantitative estimate of drug-likeness (QED) is 0.875. The van der Waals surface area contributed by atoms with Gasteiger partial charge in [-0.15, -0.1) is 11.3 Å². The van der Waals surface area contributed by atoms with Crippen LogP contribution in [0.2, 0.25) is 0 Å². The lowest BCUT2D eigenvalue weighted by Crippen LogP contribution is -2.48. The van der Waals surface area contributed by atoms with Crippen molar-refractivity contribution in [1.29, 1.82) is 0 Å². The SMILES string of the molecule is O=C(NCCc1ccc(Br)s1)[C@H]1Cc2ccccc2CN1. The second-order valence-electron chi connectivity index (χ2n) is 5.15. The topological polar surface area (TPSA) is 41.1 Å².